The predicted molar refractivity (Wildman–Crippen MR) is 80.8 cm³/mol. The van der Waals surface area contributed by atoms with Crippen LogP contribution in [0.15, 0.2) is 30.3 Å². The topological polar surface area (TPSA) is 46.5 Å². The van der Waals surface area contributed by atoms with E-state index in [4.69, 9.17) is 9.84 Å². The molecule has 0 amide bonds. The zero-order valence-electron chi connectivity index (χ0n) is 11.3. The average Bonchev–Trinajstić information content (AvgIpc) is 2.42. The molecule has 0 aromatic heterocycles. The van der Waals surface area contributed by atoms with Crippen molar-refractivity contribution < 1.29 is 14.6 Å². The molecular formula is C15H20O3S. The highest BCUT2D eigenvalue weighted by molar-refractivity contribution is 7.99. The van der Waals surface area contributed by atoms with Crippen LogP contribution < -0.4 is 4.74 Å². The Morgan fingerprint density at radius 1 is 1.42 bits per heavy atom. The fraction of sp³-hybridized carbons (Fsp3) is 0.400. The van der Waals surface area contributed by atoms with Crippen molar-refractivity contribution in [2.24, 2.45) is 0 Å². The molecule has 0 bridgehead atoms. The molecule has 1 aromatic rings. The van der Waals surface area contributed by atoms with Gasteiger partial charge >= 0.3 is 5.97 Å². The minimum Gasteiger partial charge on any atom is -0.493 e. The number of rotatable bonds is 8. The maximum absolute atomic E-state index is 10.4. The first-order valence-corrected chi connectivity index (χ1v) is 7.42. The van der Waals surface area contributed by atoms with Crippen molar-refractivity contribution in [3.63, 3.8) is 0 Å². The Morgan fingerprint density at radius 2 is 2.11 bits per heavy atom. The molecule has 3 nitrogen and oxygen atoms in total. The predicted octanol–water partition coefficient (Wildman–Crippen LogP) is 3.69. The van der Waals surface area contributed by atoms with Crippen LogP contribution in [0.2, 0.25) is 0 Å². The Kier molecular flexibility index (Phi) is 7.11. The van der Waals surface area contributed by atoms with Gasteiger partial charge in [-0.25, -0.2) is 4.79 Å². The van der Waals surface area contributed by atoms with E-state index >= 15 is 0 Å². The molecule has 0 saturated carbocycles. The van der Waals surface area contributed by atoms with E-state index in [0.29, 0.717) is 11.9 Å². The van der Waals surface area contributed by atoms with Gasteiger partial charge in [0, 0.05) is 17.1 Å². The molecule has 1 atom stereocenters. The van der Waals surface area contributed by atoms with Gasteiger partial charge in [-0.05, 0) is 30.2 Å². The number of hydrogen-bond donors (Lipinski definition) is 1. The van der Waals surface area contributed by atoms with Crippen LogP contribution in [-0.4, -0.2) is 28.7 Å². The number of aliphatic carboxylic acids is 1. The molecule has 0 spiro atoms. The van der Waals surface area contributed by atoms with Crippen molar-refractivity contribution in [2.45, 2.75) is 25.5 Å². The molecule has 1 unspecified atom stereocenters. The Balaban J connectivity index is 2.34. The first-order valence-electron chi connectivity index (χ1n) is 6.37. The lowest BCUT2D eigenvalue weighted by molar-refractivity contribution is -0.131. The van der Waals surface area contributed by atoms with Crippen LogP contribution in [0, 0.1) is 0 Å². The number of carboxylic acid groups (broad SMARTS) is 1. The molecule has 0 radical (unpaired) electrons. The van der Waals surface area contributed by atoms with Gasteiger partial charge < -0.3 is 9.84 Å². The number of thioether (sulfide) groups is 1. The second-order valence-corrected chi connectivity index (χ2v) is 5.73. The fourth-order valence-corrected chi connectivity index (χ4v) is 2.19. The van der Waals surface area contributed by atoms with E-state index in [1.165, 1.54) is 6.42 Å². The van der Waals surface area contributed by atoms with Crippen LogP contribution in [0.3, 0.4) is 0 Å². The quantitative estimate of drug-likeness (QED) is 0.582. The zero-order chi connectivity index (χ0) is 14.1. The van der Waals surface area contributed by atoms with E-state index in [2.05, 4.69) is 13.8 Å². The summed E-state index contributed by atoms with van der Waals surface area (Å²) in [6.07, 6.45) is 3.86. The SMILES string of the molecule is CCC(C)SCCOc1ccc(C=CC(=O)O)cc1. The smallest absolute Gasteiger partial charge is 0.328 e. The highest BCUT2D eigenvalue weighted by Gasteiger charge is 1.99. The third kappa shape index (κ3) is 6.91. The lowest BCUT2D eigenvalue weighted by atomic mass is 10.2. The maximum Gasteiger partial charge on any atom is 0.328 e. The van der Waals surface area contributed by atoms with Crippen molar-refractivity contribution in [3.05, 3.63) is 35.9 Å². The Bertz CT molecular complexity index is 412. The molecule has 1 aromatic carbocycles. The molecule has 0 fully saturated rings. The molecule has 0 heterocycles. The first kappa shape index (κ1) is 15.6. The van der Waals surface area contributed by atoms with Crippen LogP contribution in [0.25, 0.3) is 6.08 Å². The summed E-state index contributed by atoms with van der Waals surface area (Å²) in [5, 5.41) is 9.20. The van der Waals surface area contributed by atoms with E-state index in [9.17, 15) is 4.79 Å². The summed E-state index contributed by atoms with van der Waals surface area (Å²) in [5.41, 5.74) is 0.851. The molecule has 0 aliphatic rings. The van der Waals surface area contributed by atoms with Crippen LogP contribution >= 0.6 is 11.8 Å². The number of carbonyl (C=O) groups is 1. The largest absolute Gasteiger partial charge is 0.493 e. The normalized spacial score (nSPS) is 12.5. The third-order valence-electron chi connectivity index (χ3n) is 2.63. The number of ether oxygens (including phenoxy) is 1. The molecular weight excluding hydrogens is 260 g/mol. The van der Waals surface area contributed by atoms with Crippen LogP contribution in [0.1, 0.15) is 25.8 Å². The molecule has 19 heavy (non-hydrogen) atoms. The average molecular weight is 280 g/mol. The second-order valence-electron chi connectivity index (χ2n) is 4.18. The van der Waals surface area contributed by atoms with Crippen molar-refractivity contribution in [2.75, 3.05) is 12.4 Å². The van der Waals surface area contributed by atoms with Crippen molar-refractivity contribution in [3.8, 4) is 5.75 Å². The Hall–Kier alpha value is -1.42. The lowest BCUT2D eigenvalue weighted by Gasteiger charge is -2.09. The van der Waals surface area contributed by atoms with E-state index in [-0.39, 0.29) is 0 Å². The fourth-order valence-electron chi connectivity index (χ4n) is 1.37. The van der Waals surface area contributed by atoms with Crippen LogP contribution in [0.4, 0.5) is 0 Å². The summed E-state index contributed by atoms with van der Waals surface area (Å²) in [6.45, 7) is 5.09. The summed E-state index contributed by atoms with van der Waals surface area (Å²) >= 11 is 1.91. The molecule has 1 N–H and O–H groups in total. The number of benzene rings is 1. The van der Waals surface area contributed by atoms with Gasteiger partial charge in [-0.3, -0.25) is 0 Å². The Morgan fingerprint density at radius 3 is 2.68 bits per heavy atom. The highest BCUT2D eigenvalue weighted by atomic mass is 32.2. The molecule has 1 rings (SSSR count). The summed E-state index contributed by atoms with van der Waals surface area (Å²) in [7, 11) is 0. The summed E-state index contributed by atoms with van der Waals surface area (Å²) in [5.74, 6) is 0.856. The van der Waals surface area contributed by atoms with Crippen molar-refractivity contribution in [1.29, 1.82) is 0 Å². The minimum atomic E-state index is -0.942. The highest BCUT2D eigenvalue weighted by Crippen LogP contribution is 2.16. The molecule has 104 valence electrons. The molecule has 0 saturated heterocycles. The van der Waals surface area contributed by atoms with Gasteiger partial charge in [-0.15, -0.1) is 0 Å². The van der Waals surface area contributed by atoms with E-state index in [0.717, 1.165) is 23.1 Å². The third-order valence-corrected chi connectivity index (χ3v) is 3.93. The van der Waals surface area contributed by atoms with E-state index in [1.54, 1.807) is 6.08 Å². The van der Waals surface area contributed by atoms with Crippen molar-refractivity contribution >= 4 is 23.8 Å². The van der Waals surface area contributed by atoms with E-state index < -0.39 is 5.97 Å². The minimum absolute atomic E-state index is 0.673. The van der Waals surface area contributed by atoms with Gasteiger partial charge in [0.25, 0.3) is 0 Å². The molecule has 4 heteroatoms. The number of hydrogen-bond acceptors (Lipinski definition) is 3. The van der Waals surface area contributed by atoms with Gasteiger partial charge in [0.05, 0.1) is 6.61 Å². The maximum atomic E-state index is 10.4. The molecule has 0 aliphatic carbocycles. The van der Waals surface area contributed by atoms with Gasteiger partial charge in [-0.1, -0.05) is 26.0 Å². The summed E-state index contributed by atoms with van der Waals surface area (Å²) in [4.78, 5) is 10.4. The lowest BCUT2D eigenvalue weighted by Crippen LogP contribution is -2.03. The second kappa shape index (κ2) is 8.64. The van der Waals surface area contributed by atoms with Crippen LogP contribution in [-0.2, 0) is 4.79 Å². The van der Waals surface area contributed by atoms with Gasteiger partial charge in [0.15, 0.2) is 0 Å². The summed E-state index contributed by atoms with van der Waals surface area (Å²) in [6, 6.07) is 7.40. The standard InChI is InChI=1S/C15H20O3S/c1-3-12(2)19-11-10-18-14-7-4-13(5-8-14)6-9-15(16)17/h4-9,12H,3,10-11H2,1-2H3,(H,16,17). The Labute approximate surface area is 118 Å². The molecule has 0 aliphatic heterocycles. The first-order chi connectivity index (χ1) is 9.11. The monoisotopic (exact) mass is 280 g/mol. The summed E-state index contributed by atoms with van der Waals surface area (Å²) < 4.78 is 5.62. The van der Waals surface area contributed by atoms with Crippen molar-refractivity contribution in [1.82, 2.24) is 0 Å². The van der Waals surface area contributed by atoms with Gasteiger partial charge in [0.1, 0.15) is 5.75 Å². The van der Waals surface area contributed by atoms with Gasteiger partial charge in [0.2, 0.25) is 0 Å². The van der Waals surface area contributed by atoms with Crippen LogP contribution in [0.5, 0.6) is 5.75 Å². The number of carboxylic acids is 1. The van der Waals surface area contributed by atoms with Gasteiger partial charge in [-0.2, -0.15) is 11.8 Å². The van der Waals surface area contributed by atoms with E-state index in [1.807, 2.05) is 36.0 Å². The zero-order valence-corrected chi connectivity index (χ0v) is 12.2.